The van der Waals surface area contributed by atoms with E-state index in [9.17, 15) is 0 Å². The van der Waals surface area contributed by atoms with E-state index in [1.807, 2.05) is 49.7 Å². The lowest BCUT2D eigenvalue weighted by atomic mass is 10.3. The molecule has 0 radical (unpaired) electrons. The molecule has 0 aliphatic carbocycles. The minimum Gasteiger partial charge on any atom is -0.229 e. The van der Waals surface area contributed by atoms with Gasteiger partial charge in [0.1, 0.15) is 6.20 Å². The first-order valence-electron chi connectivity index (χ1n) is 5.52. The van der Waals surface area contributed by atoms with E-state index >= 15 is 0 Å². The number of allylic oxidation sites excluding steroid dienone is 1. The molecule has 4 heteroatoms. The summed E-state index contributed by atoms with van der Waals surface area (Å²) >= 11 is 0. The number of benzene rings is 1. The van der Waals surface area contributed by atoms with Gasteiger partial charge in [0.05, 0.1) is 11.9 Å². The Labute approximate surface area is 99.5 Å². The number of H-pyrrole nitrogens is 1. The van der Waals surface area contributed by atoms with Gasteiger partial charge in [0, 0.05) is 24.3 Å². The normalized spacial score (nSPS) is 22.2. The highest BCUT2D eigenvalue weighted by Crippen LogP contribution is 2.36. The molecular weight excluding hydrogens is 212 g/mol. The number of nitrogens with one attached hydrogen (secondary N) is 1. The zero-order chi connectivity index (χ0) is 11.7. The lowest BCUT2D eigenvalue weighted by Gasteiger charge is -2.22. The Morgan fingerprint density at radius 3 is 2.59 bits per heavy atom. The first-order chi connectivity index (χ1) is 8.31. The molecule has 0 saturated carbocycles. The quantitative estimate of drug-likeness (QED) is 0.784. The summed E-state index contributed by atoms with van der Waals surface area (Å²) in [6.07, 6.45) is 5.79. The van der Waals surface area contributed by atoms with Crippen molar-refractivity contribution >= 4 is 17.7 Å². The number of hydrogen-bond acceptors (Lipinski definition) is 2. The van der Waals surface area contributed by atoms with Crippen molar-refractivity contribution in [2.24, 2.45) is 5.10 Å². The van der Waals surface area contributed by atoms with Crippen molar-refractivity contribution < 1.29 is 0 Å². The van der Waals surface area contributed by atoms with Gasteiger partial charge < -0.3 is 0 Å². The summed E-state index contributed by atoms with van der Waals surface area (Å²) in [6, 6.07) is 12.2. The summed E-state index contributed by atoms with van der Waals surface area (Å²) in [5, 5.41) is 11.8. The van der Waals surface area contributed by atoms with Gasteiger partial charge in [-0.15, -0.1) is 0 Å². The smallest absolute Gasteiger partial charge is 0.229 e. The van der Waals surface area contributed by atoms with Gasteiger partial charge in [-0.2, -0.15) is 5.10 Å². The first kappa shape index (κ1) is 9.99. The number of nitrogens with zero attached hydrogens (tertiary/aromatic N) is 3. The molecule has 1 aromatic heterocycles. The van der Waals surface area contributed by atoms with Gasteiger partial charge in [-0.05, 0) is 6.92 Å². The van der Waals surface area contributed by atoms with Crippen molar-refractivity contribution in [3.63, 3.8) is 0 Å². The molecule has 0 amide bonds. The van der Waals surface area contributed by atoms with Crippen LogP contribution >= 0.6 is 0 Å². The zero-order valence-corrected chi connectivity index (χ0v) is 9.54. The number of aryl methyl sites for hydroxylation is 1. The monoisotopic (exact) mass is 225 g/mol. The maximum Gasteiger partial charge on any atom is 0.260 e. The highest BCUT2D eigenvalue weighted by Gasteiger charge is 2.35. The van der Waals surface area contributed by atoms with Gasteiger partial charge in [0.15, 0.2) is 5.69 Å². The summed E-state index contributed by atoms with van der Waals surface area (Å²) in [4.78, 5) is 0. The van der Waals surface area contributed by atoms with Crippen LogP contribution < -0.4 is 4.59 Å². The Kier molecular flexibility index (Phi) is 2.16. The number of hydrogen-bond donors (Lipinski definition) is 1. The molecule has 2 aromatic rings. The predicted octanol–water partition coefficient (Wildman–Crippen LogP) is 2.87. The van der Waals surface area contributed by atoms with Crippen LogP contribution in [-0.4, -0.2) is 16.4 Å². The third-order valence-corrected chi connectivity index (χ3v) is 2.85. The average molecular weight is 225 g/mol. The van der Waals surface area contributed by atoms with Crippen LogP contribution in [0.3, 0.4) is 0 Å². The van der Waals surface area contributed by atoms with Crippen LogP contribution in [0.25, 0.3) is 0 Å². The van der Waals surface area contributed by atoms with E-state index in [0.29, 0.717) is 4.59 Å². The topological polar surface area (TPSA) is 41.0 Å². The maximum absolute atomic E-state index is 4.55. The molecule has 84 valence electrons. The minimum absolute atomic E-state index is 0.321. The van der Waals surface area contributed by atoms with Crippen LogP contribution in [0.4, 0.5) is 11.5 Å². The third kappa shape index (κ3) is 1.50. The van der Waals surface area contributed by atoms with Crippen LogP contribution in [0.5, 0.6) is 0 Å². The van der Waals surface area contributed by atoms with Crippen molar-refractivity contribution in [1.82, 2.24) is 14.8 Å². The lowest BCUT2D eigenvalue weighted by Crippen LogP contribution is -2.30. The van der Waals surface area contributed by atoms with Crippen LogP contribution in [0, 0.1) is 6.92 Å². The van der Waals surface area contributed by atoms with Crippen molar-refractivity contribution in [1.29, 1.82) is 0 Å². The largest absolute Gasteiger partial charge is 0.260 e. The Morgan fingerprint density at radius 1 is 1.18 bits per heavy atom. The Balaban J connectivity index is 2.18. The molecule has 2 heterocycles. The molecule has 1 atom stereocenters. The van der Waals surface area contributed by atoms with E-state index in [-0.39, 0.29) is 0 Å². The predicted molar refractivity (Wildman–Crippen MR) is 68.9 cm³/mol. The molecular formula is C13H13N4+. The van der Waals surface area contributed by atoms with E-state index in [0.717, 1.165) is 17.2 Å². The van der Waals surface area contributed by atoms with Crippen molar-refractivity contribution in [3.05, 3.63) is 54.4 Å². The molecule has 0 saturated heterocycles. The van der Waals surface area contributed by atoms with E-state index in [2.05, 4.69) is 27.4 Å². The minimum atomic E-state index is 0.321. The molecule has 4 nitrogen and oxygen atoms in total. The van der Waals surface area contributed by atoms with Crippen LogP contribution in [0.2, 0.25) is 0 Å². The number of aromatic nitrogens is 2. The molecule has 3 rings (SSSR count). The molecule has 0 spiro atoms. The molecule has 17 heavy (non-hydrogen) atoms. The number of quaternary nitrogens is 1. The van der Waals surface area contributed by atoms with Crippen molar-refractivity contribution in [2.75, 3.05) is 0 Å². The van der Waals surface area contributed by atoms with E-state index in [1.54, 1.807) is 0 Å². The number of aromatic amines is 1. The highest BCUT2D eigenvalue weighted by atomic mass is 15.6. The number of rotatable bonds is 2. The fourth-order valence-electron chi connectivity index (χ4n) is 2.02. The second-order valence-corrected chi connectivity index (χ2v) is 4.02. The van der Waals surface area contributed by atoms with Gasteiger partial charge in [-0.3, -0.25) is 0 Å². The summed E-state index contributed by atoms with van der Waals surface area (Å²) in [7, 11) is 0. The fraction of sp³-hybridized carbons (Fsp3) is 0.0769. The van der Waals surface area contributed by atoms with Gasteiger partial charge in [-0.25, -0.2) is 5.10 Å². The molecule has 1 N–H and O–H groups in total. The van der Waals surface area contributed by atoms with Gasteiger partial charge in [-0.1, -0.05) is 27.9 Å². The molecule has 0 bridgehead atoms. The Hall–Kier alpha value is -2.20. The summed E-state index contributed by atoms with van der Waals surface area (Å²) in [5.41, 5.74) is 2.05. The van der Waals surface area contributed by atoms with Crippen molar-refractivity contribution in [3.8, 4) is 0 Å². The van der Waals surface area contributed by atoms with E-state index < -0.39 is 0 Å². The fourth-order valence-corrected chi connectivity index (χ4v) is 2.02. The molecule has 1 aliphatic heterocycles. The average Bonchev–Trinajstić information content (AvgIpc) is 2.99. The Morgan fingerprint density at radius 2 is 2.00 bits per heavy atom. The molecule has 1 unspecified atom stereocenters. The molecule has 1 aromatic carbocycles. The van der Waals surface area contributed by atoms with Gasteiger partial charge in [0.25, 0.3) is 5.82 Å². The number of para-hydroxylation sites is 1. The van der Waals surface area contributed by atoms with Gasteiger partial charge >= 0.3 is 0 Å². The zero-order valence-electron chi connectivity index (χ0n) is 9.54. The lowest BCUT2D eigenvalue weighted by molar-refractivity contribution is 0.536. The van der Waals surface area contributed by atoms with E-state index in [1.165, 1.54) is 0 Å². The standard InChI is InChI=1S/C13H13N4/c1-11-10-13(16-15-11)17(9-5-8-14-17)12-6-3-2-4-7-12/h2-10H,1H3,(H,15,16)/q+1. The second-order valence-electron chi connectivity index (χ2n) is 4.02. The molecule has 0 fully saturated rings. The van der Waals surface area contributed by atoms with E-state index in [4.69, 9.17) is 0 Å². The summed E-state index contributed by atoms with van der Waals surface area (Å²) in [5.74, 6) is 0.943. The third-order valence-electron chi connectivity index (χ3n) is 2.85. The molecule has 1 aliphatic rings. The summed E-state index contributed by atoms with van der Waals surface area (Å²) in [6.45, 7) is 1.96. The first-order valence-corrected chi connectivity index (χ1v) is 5.52. The van der Waals surface area contributed by atoms with Crippen LogP contribution in [-0.2, 0) is 0 Å². The van der Waals surface area contributed by atoms with Crippen molar-refractivity contribution in [2.45, 2.75) is 6.92 Å². The SMILES string of the molecule is Cc1cc([N+]2(c3ccccc3)C=CC=N2)[nH]n1. The Bertz CT molecular complexity index is 568. The maximum atomic E-state index is 4.55. The summed E-state index contributed by atoms with van der Waals surface area (Å²) < 4.78 is 0.321. The van der Waals surface area contributed by atoms with Gasteiger partial charge in [0.2, 0.25) is 0 Å². The van der Waals surface area contributed by atoms with Crippen LogP contribution in [0.15, 0.2) is 53.8 Å². The highest BCUT2D eigenvalue weighted by molar-refractivity contribution is 5.78. The van der Waals surface area contributed by atoms with Crippen LogP contribution in [0.1, 0.15) is 5.69 Å². The second kappa shape index (κ2) is 3.68.